The van der Waals surface area contributed by atoms with E-state index in [-0.39, 0.29) is 13.2 Å². The van der Waals surface area contributed by atoms with Crippen molar-refractivity contribution in [3.8, 4) is 0 Å². The Morgan fingerprint density at radius 3 is 2.40 bits per heavy atom. The summed E-state index contributed by atoms with van der Waals surface area (Å²) in [6.45, 7) is 4.98. The Balaban J connectivity index is 3.08. The molecular formula is C9H18O5S. The molecule has 0 bridgehead atoms. The highest BCUT2D eigenvalue weighted by molar-refractivity contribution is 7.85. The maximum atomic E-state index is 10.5. The van der Waals surface area contributed by atoms with Gasteiger partial charge < -0.3 is 9.47 Å². The summed E-state index contributed by atoms with van der Waals surface area (Å²) in [6, 6.07) is 0. The Bertz CT molecular complexity index is 247. The van der Waals surface area contributed by atoms with E-state index in [9.17, 15) is 8.42 Å². The van der Waals surface area contributed by atoms with Gasteiger partial charge >= 0.3 is 0 Å². The van der Waals surface area contributed by atoms with Gasteiger partial charge in [0.1, 0.15) is 0 Å². The Kier molecular flexibility index (Phi) is 8.35. The summed E-state index contributed by atoms with van der Waals surface area (Å²) in [4.78, 5) is 0. The molecule has 0 heterocycles. The Morgan fingerprint density at radius 2 is 1.80 bits per heavy atom. The molecule has 0 saturated carbocycles. The molecule has 0 unspecified atom stereocenters. The molecule has 0 radical (unpaired) electrons. The molecule has 0 aromatic heterocycles. The Labute approximate surface area is 91.1 Å². The Morgan fingerprint density at radius 1 is 1.13 bits per heavy atom. The van der Waals surface area contributed by atoms with E-state index >= 15 is 0 Å². The van der Waals surface area contributed by atoms with E-state index in [1.807, 2.05) is 0 Å². The summed E-state index contributed by atoms with van der Waals surface area (Å²) in [7, 11) is -3.34. The fraction of sp³-hybridized carbons (Fsp3) is 0.778. The molecule has 0 spiro atoms. The van der Waals surface area contributed by atoms with Crippen LogP contribution in [0.5, 0.6) is 0 Å². The normalized spacial score (nSPS) is 11.3. The van der Waals surface area contributed by atoms with Gasteiger partial charge in [0.25, 0.3) is 10.1 Å². The summed E-state index contributed by atoms with van der Waals surface area (Å²) in [5, 5.41) is 0. The van der Waals surface area contributed by atoms with Gasteiger partial charge in [0.15, 0.2) is 0 Å². The van der Waals surface area contributed by atoms with Crippen molar-refractivity contribution in [3.63, 3.8) is 0 Å². The van der Waals surface area contributed by atoms with Crippen molar-refractivity contribution in [1.82, 2.24) is 0 Å². The van der Waals surface area contributed by atoms with Gasteiger partial charge in [-0.1, -0.05) is 6.58 Å². The van der Waals surface area contributed by atoms with Crippen LogP contribution in [0.4, 0.5) is 0 Å². The maximum absolute atomic E-state index is 10.5. The minimum Gasteiger partial charge on any atom is -0.502 e. The largest absolute Gasteiger partial charge is 0.502 e. The first-order chi connectivity index (χ1) is 7.06. The third kappa shape index (κ3) is 13.4. The van der Waals surface area contributed by atoms with Crippen LogP contribution in [0.1, 0.15) is 12.8 Å². The second-order valence-electron chi connectivity index (χ2n) is 2.88. The van der Waals surface area contributed by atoms with E-state index in [0.29, 0.717) is 13.2 Å². The van der Waals surface area contributed by atoms with Gasteiger partial charge in [-0.2, -0.15) is 8.42 Å². The Hall–Kier alpha value is -0.590. The maximum Gasteiger partial charge on any atom is 0.264 e. The first-order valence-corrected chi connectivity index (χ1v) is 6.52. The summed E-state index contributed by atoms with van der Waals surface area (Å²) in [5.41, 5.74) is 0. The highest BCUT2D eigenvalue weighted by atomic mass is 32.2. The van der Waals surface area contributed by atoms with Crippen molar-refractivity contribution in [2.45, 2.75) is 12.8 Å². The fourth-order valence-corrected chi connectivity index (χ4v) is 1.19. The van der Waals surface area contributed by atoms with E-state index in [1.54, 1.807) is 0 Å². The van der Waals surface area contributed by atoms with Crippen LogP contribution in [-0.2, 0) is 23.8 Å². The lowest BCUT2D eigenvalue weighted by Gasteiger charge is -2.04. The zero-order chi connectivity index (χ0) is 11.6. The number of unbranched alkanes of at least 4 members (excludes halogenated alkanes) is 1. The molecule has 0 N–H and O–H groups in total. The predicted molar refractivity (Wildman–Crippen MR) is 57.0 cm³/mol. The van der Waals surface area contributed by atoms with E-state index in [1.165, 1.54) is 6.26 Å². The SMILES string of the molecule is C=COCCCCOCCOS(C)(=O)=O. The van der Waals surface area contributed by atoms with E-state index in [4.69, 9.17) is 9.47 Å². The number of ether oxygens (including phenoxy) is 2. The van der Waals surface area contributed by atoms with Crippen molar-refractivity contribution in [1.29, 1.82) is 0 Å². The van der Waals surface area contributed by atoms with Crippen LogP contribution in [0.25, 0.3) is 0 Å². The van der Waals surface area contributed by atoms with E-state index in [0.717, 1.165) is 19.1 Å². The van der Waals surface area contributed by atoms with Gasteiger partial charge in [-0.15, -0.1) is 0 Å². The zero-order valence-electron chi connectivity index (χ0n) is 8.98. The van der Waals surface area contributed by atoms with Crippen LogP contribution in [0.3, 0.4) is 0 Å². The van der Waals surface area contributed by atoms with Gasteiger partial charge in [0, 0.05) is 6.61 Å². The number of rotatable bonds is 10. The monoisotopic (exact) mass is 238 g/mol. The molecule has 0 fully saturated rings. The van der Waals surface area contributed by atoms with Crippen molar-refractivity contribution < 1.29 is 22.1 Å². The third-order valence-electron chi connectivity index (χ3n) is 1.44. The average molecular weight is 238 g/mol. The first-order valence-electron chi connectivity index (χ1n) is 4.71. The second-order valence-corrected chi connectivity index (χ2v) is 4.53. The molecule has 0 amide bonds. The van der Waals surface area contributed by atoms with Gasteiger partial charge in [-0.3, -0.25) is 4.18 Å². The minimum absolute atomic E-state index is 0.0714. The standard InChI is InChI=1S/C9H18O5S/c1-3-12-6-4-5-7-13-8-9-14-15(2,10)11/h3H,1,4-9H2,2H3. The quantitative estimate of drug-likeness (QED) is 0.322. The molecule has 6 heteroatoms. The molecule has 0 aliphatic carbocycles. The molecule has 0 rings (SSSR count). The first kappa shape index (κ1) is 14.4. The van der Waals surface area contributed by atoms with Gasteiger partial charge in [0.05, 0.1) is 32.3 Å². The van der Waals surface area contributed by atoms with Gasteiger partial charge in [0.2, 0.25) is 0 Å². The lowest BCUT2D eigenvalue weighted by Crippen LogP contribution is -2.10. The van der Waals surface area contributed by atoms with E-state index in [2.05, 4.69) is 10.8 Å². The lowest BCUT2D eigenvalue weighted by atomic mass is 10.3. The fourth-order valence-electron chi connectivity index (χ4n) is 0.819. The molecule has 0 saturated heterocycles. The van der Waals surface area contributed by atoms with Crippen molar-refractivity contribution in [3.05, 3.63) is 12.8 Å². The van der Waals surface area contributed by atoms with Crippen molar-refractivity contribution in [2.75, 3.05) is 32.7 Å². The topological polar surface area (TPSA) is 61.8 Å². The average Bonchev–Trinajstić information content (AvgIpc) is 2.14. The van der Waals surface area contributed by atoms with Crippen LogP contribution < -0.4 is 0 Å². The molecule has 90 valence electrons. The molecule has 0 atom stereocenters. The van der Waals surface area contributed by atoms with Crippen molar-refractivity contribution in [2.24, 2.45) is 0 Å². The highest BCUT2D eigenvalue weighted by Crippen LogP contribution is 1.92. The summed E-state index contributed by atoms with van der Waals surface area (Å²) in [6.07, 6.45) is 4.17. The van der Waals surface area contributed by atoms with Crippen LogP contribution in [0.15, 0.2) is 12.8 Å². The van der Waals surface area contributed by atoms with Crippen LogP contribution in [0, 0.1) is 0 Å². The smallest absolute Gasteiger partial charge is 0.264 e. The summed E-state index contributed by atoms with van der Waals surface area (Å²) in [5.74, 6) is 0. The second kappa shape index (κ2) is 8.70. The van der Waals surface area contributed by atoms with E-state index < -0.39 is 10.1 Å². The van der Waals surface area contributed by atoms with Gasteiger partial charge in [-0.05, 0) is 12.8 Å². The molecule has 0 aliphatic heterocycles. The summed E-state index contributed by atoms with van der Waals surface area (Å²) >= 11 is 0. The number of hydrogen-bond donors (Lipinski definition) is 0. The highest BCUT2D eigenvalue weighted by Gasteiger charge is 1.99. The predicted octanol–water partition coefficient (Wildman–Crippen LogP) is 0.920. The van der Waals surface area contributed by atoms with Crippen LogP contribution in [-0.4, -0.2) is 41.1 Å². The molecule has 5 nitrogen and oxygen atoms in total. The molecule has 15 heavy (non-hydrogen) atoms. The third-order valence-corrected chi connectivity index (χ3v) is 2.04. The minimum atomic E-state index is -3.34. The molecule has 0 aromatic rings. The molecule has 0 aromatic carbocycles. The number of hydrogen-bond acceptors (Lipinski definition) is 5. The zero-order valence-corrected chi connectivity index (χ0v) is 9.79. The van der Waals surface area contributed by atoms with Gasteiger partial charge in [-0.25, -0.2) is 0 Å². The lowest BCUT2D eigenvalue weighted by molar-refractivity contribution is 0.0957. The van der Waals surface area contributed by atoms with Crippen LogP contribution >= 0.6 is 0 Å². The molecular weight excluding hydrogens is 220 g/mol. The van der Waals surface area contributed by atoms with Crippen molar-refractivity contribution >= 4 is 10.1 Å². The molecule has 0 aliphatic rings. The summed E-state index contributed by atoms with van der Waals surface area (Å²) < 4.78 is 35.6. The van der Waals surface area contributed by atoms with Crippen LogP contribution in [0.2, 0.25) is 0 Å².